The van der Waals surface area contributed by atoms with Gasteiger partial charge in [-0.1, -0.05) is 11.6 Å². The molecule has 132 valence electrons. The van der Waals surface area contributed by atoms with E-state index in [4.69, 9.17) is 11.6 Å². The lowest BCUT2D eigenvalue weighted by Gasteiger charge is -2.09. The molecule has 1 heterocycles. The summed E-state index contributed by atoms with van der Waals surface area (Å²) in [7, 11) is 0. The van der Waals surface area contributed by atoms with Crippen LogP contribution >= 0.6 is 11.6 Å². The first kappa shape index (κ1) is 17.8. The van der Waals surface area contributed by atoms with Gasteiger partial charge in [-0.2, -0.15) is 5.10 Å². The Balaban J connectivity index is 1.81. The molecule has 1 N–H and O–H groups in total. The number of nitrogens with zero attached hydrogens (tertiary/aromatic N) is 2. The van der Waals surface area contributed by atoms with Crippen LogP contribution < -0.4 is 10.9 Å². The van der Waals surface area contributed by atoms with Crippen LogP contribution in [0.15, 0.2) is 59.4 Å². The minimum Gasteiger partial charge on any atom is -0.323 e. The van der Waals surface area contributed by atoms with Gasteiger partial charge in [-0.15, -0.1) is 0 Å². The summed E-state index contributed by atoms with van der Waals surface area (Å²) in [6.07, 6.45) is 0. The quantitative estimate of drug-likeness (QED) is 0.759. The number of aromatic nitrogens is 2. The molecule has 0 aliphatic carbocycles. The van der Waals surface area contributed by atoms with Crippen molar-refractivity contribution >= 4 is 23.2 Å². The van der Waals surface area contributed by atoms with Gasteiger partial charge in [-0.25, -0.2) is 13.5 Å². The van der Waals surface area contributed by atoms with Gasteiger partial charge < -0.3 is 5.32 Å². The average Bonchev–Trinajstić information content (AvgIpc) is 2.61. The summed E-state index contributed by atoms with van der Waals surface area (Å²) in [6, 6.07) is 11.9. The molecule has 0 unspecified atom stereocenters. The number of carbonyl (C=O) groups is 1. The Bertz CT molecular complexity index is 1020. The molecule has 1 aromatic heterocycles. The fourth-order valence-electron chi connectivity index (χ4n) is 2.26. The molecule has 0 aliphatic heterocycles. The van der Waals surface area contributed by atoms with Crippen molar-refractivity contribution in [3.05, 3.63) is 81.6 Å². The van der Waals surface area contributed by atoms with Crippen molar-refractivity contribution in [2.45, 2.75) is 6.54 Å². The molecule has 0 atom stereocenters. The fraction of sp³-hybridized carbons (Fsp3) is 0.0556. The van der Waals surface area contributed by atoms with Crippen LogP contribution in [0.25, 0.3) is 11.3 Å². The Kier molecular flexibility index (Phi) is 5.09. The van der Waals surface area contributed by atoms with Gasteiger partial charge in [0.2, 0.25) is 5.91 Å². The molecule has 26 heavy (non-hydrogen) atoms. The first-order valence-corrected chi connectivity index (χ1v) is 7.89. The highest BCUT2D eigenvalue weighted by atomic mass is 35.5. The number of halogens is 3. The maximum Gasteiger partial charge on any atom is 0.267 e. The third kappa shape index (κ3) is 4.12. The summed E-state index contributed by atoms with van der Waals surface area (Å²) < 4.78 is 27.2. The normalized spacial score (nSPS) is 10.6. The van der Waals surface area contributed by atoms with Crippen molar-refractivity contribution in [1.29, 1.82) is 0 Å². The topological polar surface area (TPSA) is 64.0 Å². The van der Waals surface area contributed by atoms with Crippen LogP contribution in [0.1, 0.15) is 0 Å². The van der Waals surface area contributed by atoms with Crippen LogP contribution in [0.2, 0.25) is 5.02 Å². The number of carbonyl (C=O) groups excluding carboxylic acids is 1. The molecule has 0 fully saturated rings. The molecular weight excluding hydrogens is 364 g/mol. The number of anilines is 1. The molecule has 2 aromatic carbocycles. The maximum atomic E-state index is 13.3. The van der Waals surface area contributed by atoms with Crippen molar-refractivity contribution in [3.8, 4) is 11.3 Å². The standard InChI is InChI=1S/C18H12ClF2N3O2/c19-14-6-5-13(21)9-16(14)22-17(25)10-24-18(26)8-7-15(23-24)11-1-3-12(20)4-2-11/h1-9H,10H2,(H,22,25). The smallest absolute Gasteiger partial charge is 0.267 e. The van der Waals surface area contributed by atoms with Gasteiger partial charge in [0.1, 0.15) is 18.2 Å². The number of hydrogen-bond acceptors (Lipinski definition) is 3. The van der Waals surface area contributed by atoms with E-state index < -0.39 is 23.1 Å². The van der Waals surface area contributed by atoms with Crippen LogP contribution in [-0.2, 0) is 11.3 Å². The van der Waals surface area contributed by atoms with Gasteiger partial charge >= 0.3 is 0 Å². The van der Waals surface area contributed by atoms with Gasteiger partial charge in [0.25, 0.3) is 5.56 Å². The SMILES string of the molecule is O=C(Cn1nc(-c2ccc(F)cc2)ccc1=O)Nc1cc(F)ccc1Cl. The molecule has 5 nitrogen and oxygen atoms in total. The lowest BCUT2D eigenvalue weighted by molar-refractivity contribution is -0.117. The Labute approximate surface area is 151 Å². The Morgan fingerprint density at radius 2 is 1.73 bits per heavy atom. The van der Waals surface area contributed by atoms with Gasteiger partial charge in [-0.3, -0.25) is 9.59 Å². The highest BCUT2D eigenvalue weighted by Gasteiger charge is 2.11. The number of nitrogens with one attached hydrogen (secondary N) is 1. The monoisotopic (exact) mass is 375 g/mol. The molecule has 0 saturated carbocycles. The first-order chi connectivity index (χ1) is 12.4. The highest BCUT2D eigenvalue weighted by Crippen LogP contribution is 2.22. The molecule has 0 bridgehead atoms. The summed E-state index contributed by atoms with van der Waals surface area (Å²) in [5.41, 5.74) is 0.602. The van der Waals surface area contributed by atoms with Crippen LogP contribution in [0.5, 0.6) is 0 Å². The number of hydrogen-bond donors (Lipinski definition) is 1. The second-order valence-electron chi connectivity index (χ2n) is 5.39. The van der Waals surface area contributed by atoms with E-state index in [1.54, 1.807) is 0 Å². The van der Waals surface area contributed by atoms with E-state index in [2.05, 4.69) is 10.4 Å². The Morgan fingerprint density at radius 3 is 2.46 bits per heavy atom. The fourth-order valence-corrected chi connectivity index (χ4v) is 2.42. The summed E-state index contributed by atoms with van der Waals surface area (Å²) in [6.45, 7) is -0.388. The number of benzene rings is 2. The second-order valence-corrected chi connectivity index (χ2v) is 5.80. The van der Waals surface area contributed by atoms with Crippen molar-refractivity contribution < 1.29 is 13.6 Å². The van der Waals surface area contributed by atoms with E-state index in [0.29, 0.717) is 11.3 Å². The predicted molar refractivity (Wildman–Crippen MR) is 93.9 cm³/mol. The molecule has 8 heteroatoms. The van der Waals surface area contributed by atoms with Crippen LogP contribution in [0, 0.1) is 11.6 Å². The van der Waals surface area contributed by atoms with Crippen LogP contribution in [-0.4, -0.2) is 15.7 Å². The molecular formula is C18H12ClF2N3O2. The van der Waals surface area contributed by atoms with E-state index in [9.17, 15) is 18.4 Å². The summed E-state index contributed by atoms with van der Waals surface area (Å²) in [5, 5.41) is 6.71. The van der Waals surface area contributed by atoms with Crippen molar-refractivity contribution in [1.82, 2.24) is 9.78 Å². The summed E-state index contributed by atoms with van der Waals surface area (Å²) >= 11 is 5.90. The van der Waals surface area contributed by atoms with Gasteiger partial charge in [0.05, 0.1) is 16.4 Å². The van der Waals surface area contributed by atoms with E-state index in [0.717, 1.165) is 16.8 Å². The predicted octanol–water partition coefficient (Wildman–Crippen LogP) is 3.48. The molecule has 0 spiro atoms. The van der Waals surface area contributed by atoms with Crippen LogP contribution in [0.3, 0.4) is 0 Å². The zero-order valence-electron chi connectivity index (χ0n) is 13.2. The maximum absolute atomic E-state index is 13.3. The molecule has 1 amide bonds. The van der Waals surface area contributed by atoms with E-state index in [-0.39, 0.29) is 17.3 Å². The second kappa shape index (κ2) is 7.45. The molecule has 3 aromatic rings. The third-order valence-corrected chi connectivity index (χ3v) is 3.83. The van der Waals surface area contributed by atoms with E-state index in [1.165, 1.54) is 42.5 Å². The zero-order chi connectivity index (χ0) is 18.7. The molecule has 0 saturated heterocycles. The molecule has 0 radical (unpaired) electrons. The van der Waals surface area contributed by atoms with Crippen LogP contribution in [0.4, 0.5) is 14.5 Å². The van der Waals surface area contributed by atoms with Crippen molar-refractivity contribution in [3.63, 3.8) is 0 Å². The minimum atomic E-state index is -0.594. The van der Waals surface area contributed by atoms with Crippen molar-refractivity contribution in [2.24, 2.45) is 0 Å². The Morgan fingerprint density at radius 1 is 1.04 bits per heavy atom. The highest BCUT2D eigenvalue weighted by molar-refractivity contribution is 6.33. The molecule has 0 aliphatic rings. The largest absolute Gasteiger partial charge is 0.323 e. The van der Waals surface area contributed by atoms with Gasteiger partial charge in [0.15, 0.2) is 0 Å². The van der Waals surface area contributed by atoms with E-state index in [1.807, 2.05) is 0 Å². The minimum absolute atomic E-state index is 0.0967. The lowest BCUT2D eigenvalue weighted by atomic mass is 10.1. The molecule has 3 rings (SSSR count). The number of amides is 1. The number of rotatable bonds is 4. The third-order valence-electron chi connectivity index (χ3n) is 3.50. The lowest BCUT2D eigenvalue weighted by Crippen LogP contribution is -2.29. The van der Waals surface area contributed by atoms with Gasteiger partial charge in [-0.05, 0) is 48.5 Å². The summed E-state index contributed by atoms with van der Waals surface area (Å²) in [5.74, 6) is -1.55. The van der Waals surface area contributed by atoms with Crippen molar-refractivity contribution in [2.75, 3.05) is 5.32 Å². The average molecular weight is 376 g/mol. The Hall–Kier alpha value is -3.06. The summed E-state index contributed by atoms with van der Waals surface area (Å²) in [4.78, 5) is 24.1. The van der Waals surface area contributed by atoms with Gasteiger partial charge in [0, 0.05) is 11.6 Å². The first-order valence-electron chi connectivity index (χ1n) is 7.51. The zero-order valence-corrected chi connectivity index (χ0v) is 14.0. The van der Waals surface area contributed by atoms with E-state index >= 15 is 0 Å².